The Morgan fingerprint density at radius 1 is 0.926 bits per heavy atom. The number of methoxy groups -OCH3 is 3. The molecule has 0 spiro atoms. The van der Waals surface area contributed by atoms with E-state index in [1.165, 1.54) is 50.6 Å². The molecular weight excluding hydrogens is 374 g/mol. The van der Waals surface area contributed by atoms with Crippen molar-refractivity contribution in [3.05, 3.63) is 54.1 Å². The third kappa shape index (κ3) is 4.37. The molecule has 0 saturated carbocycles. The standard InChI is InChI=1S/C18H19NO7S/c1-24-13-8-10-14(11-9-13)27(22,23)19(12-17(20)25-2)16-7-5-4-6-15(16)18(21)26-3/h4-11H,12H2,1-3H3. The SMILES string of the molecule is COC(=O)CN(c1ccccc1C(=O)OC)S(=O)(=O)c1ccc(OC)cc1. The van der Waals surface area contributed by atoms with Crippen molar-refractivity contribution >= 4 is 27.6 Å². The normalized spacial score (nSPS) is 10.8. The first kappa shape index (κ1) is 20.2. The van der Waals surface area contributed by atoms with Crippen LogP contribution in [0.2, 0.25) is 0 Å². The largest absolute Gasteiger partial charge is 0.497 e. The van der Waals surface area contributed by atoms with Gasteiger partial charge in [-0.15, -0.1) is 0 Å². The zero-order valence-corrected chi connectivity index (χ0v) is 15.9. The van der Waals surface area contributed by atoms with Gasteiger partial charge in [0.05, 0.1) is 37.5 Å². The lowest BCUT2D eigenvalue weighted by atomic mass is 10.2. The first-order chi connectivity index (χ1) is 12.8. The quantitative estimate of drug-likeness (QED) is 0.662. The third-order valence-corrected chi connectivity index (χ3v) is 5.50. The number of para-hydroxylation sites is 1. The Kier molecular flexibility index (Phi) is 6.40. The monoisotopic (exact) mass is 393 g/mol. The Hall–Kier alpha value is -3.07. The fraction of sp³-hybridized carbons (Fsp3) is 0.222. The average Bonchev–Trinajstić information content (AvgIpc) is 2.71. The molecule has 0 atom stereocenters. The molecule has 0 amide bonds. The zero-order chi connectivity index (χ0) is 20.0. The Morgan fingerprint density at radius 3 is 2.11 bits per heavy atom. The molecule has 27 heavy (non-hydrogen) atoms. The van der Waals surface area contributed by atoms with Gasteiger partial charge in [-0.05, 0) is 36.4 Å². The summed E-state index contributed by atoms with van der Waals surface area (Å²) in [6, 6.07) is 11.6. The summed E-state index contributed by atoms with van der Waals surface area (Å²) in [5.74, 6) is -1.04. The Morgan fingerprint density at radius 2 is 1.56 bits per heavy atom. The highest BCUT2D eigenvalue weighted by Crippen LogP contribution is 2.28. The molecule has 2 aromatic carbocycles. The lowest BCUT2D eigenvalue weighted by Gasteiger charge is -2.25. The molecule has 0 radical (unpaired) electrons. The van der Waals surface area contributed by atoms with Crippen LogP contribution in [0.15, 0.2) is 53.4 Å². The molecule has 0 aliphatic carbocycles. The maximum Gasteiger partial charge on any atom is 0.340 e. The molecule has 0 fully saturated rings. The maximum absolute atomic E-state index is 13.2. The van der Waals surface area contributed by atoms with Crippen molar-refractivity contribution < 1.29 is 32.2 Å². The first-order valence-corrected chi connectivity index (χ1v) is 9.20. The zero-order valence-electron chi connectivity index (χ0n) is 15.0. The number of carbonyl (C=O) groups is 2. The summed E-state index contributed by atoms with van der Waals surface area (Å²) in [5.41, 5.74) is 0.00607. The molecule has 8 nitrogen and oxygen atoms in total. The predicted octanol–water partition coefficient (Wildman–Crippen LogP) is 1.85. The van der Waals surface area contributed by atoms with E-state index in [1.54, 1.807) is 12.1 Å². The van der Waals surface area contributed by atoms with Crippen molar-refractivity contribution in [2.45, 2.75) is 4.90 Å². The van der Waals surface area contributed by atoms with Crippen LogP contribution in [0, 0.1) is 0 Å². The van der Waals surface area contributed by atoms with E-state index >= 15 is 0 Å². The highest BCUT2D eigenvalue weighted by molar-refractivity contribution is 7.92. The summed E-state index contributed by atoms with van der Waals surface area (Å²) < 4.78 is 41.5. The molecule has 0 N–H and O–H groups in total. The summed E-state index contributed by atoms with van der Waals surface area (Å²) in [5, 5.41) is 0. The van der Waals surface area contributed by atoms with Gasteiger partial charge in [0.2, 0.25) is 0 Å². The molecule has 9 heteroatoms. The molecule has 2 aromatic rings. The van der Waals surface area contributed by atoms with Gasteiger partial charge in [0.25, 0.3) is 10.0 Å². The highest BCUT2D eigenvalue weighted by Gasteiger charge is 2.30. The lowest BCUT2D eigenvalue weighted by Crippen LogP contribution is -2.37. The molecule has 144 valence electrons. The van der Waals surface area contributed by atoms with E-state index in [0.29, 0.717) is 5.75 Å². The van der Waals surface area contributed by atoms with E-state index < -0.39 is 28.5 Å². The van der Waals surface area contributed by atoms with Gasteiger partial charge in [-0.3, -0.25) is 9.10 Å². The second-order valence-electron chi connectivity index (χ2n) is 5.27. The number of rotatable bonds is 7. The van der Waals surface area contributed by atoms with Crippen molar-refractivity contribution in [1.29, 1.82) is 0 Å². The molecule has 2 rings (SSSR count). The molecule has 0 aromatic heterocycles. The Bertz CT molecular complexity index is 923. The molecule has 0 bridgehead atoms. The number of nitrogens with zero attached hydrogens (tertiary/aromatic N) is 1. The van der Waals surface area contributed by atoms with E-state index in [9.17, 15) is 18.0 Å². The van der Waals surface area contributed by atoms with Crippen molar-refractivity contribution in [3.63, 3.8) is 0 Å². The van der Waals surface area contributed by atoms with Crippen molar-refractivity contribution in [3.8, 4) is 5.75 Å². The molecule has 0 heterocycles. The van der Waals surface area contributed by atoms with Crippen LogP contribution in [0.1, 0.15) is 10.4 Å². The minimum Gasteiger partial charge on any atom is -0.497 e. The smallest absolute Gasteiger partial charge is 0.340 e. The van der Waals surface area contributed by atoms with Gasteiger partial charge in [-0.1, -0.05) is 12.1 Å². The highest BCUT2D eigenvalue weighted by atomic mass is 32.2. The van der Waals surface area contributed by atoms with E-state index in [1.807, 2.05) is 0 Å². The minimum atomic E-state index is -4.18. The maximum atomic E-state index is 13.2. The van der Waals surface area contributed by atoms with Crippen LogP contribution in [0.5, 0.6) is 5.75 Å². The molecule has 0 unspecified atom stereocenters. The molecular formula is C18H19NO7S. The molecule has 0 saturated heterocycles. The number of hydrogen-bond acceptors (Lipinski definition) is 7. The summed E-state index contributed by atoms with van der Waals surface area (Å²) >= 11 is 0. The summed E-state index contributed by atoms with van der Waals surface area (Å²) in [4.78, 5) is 23.8. The van der Waals surface area contributed by atoms with Crippen LogP contribution >= 0.6 is 0 Å². The summed E-state index contributed by atoms with van der Waals surface area (Å²) in [6.45, 7) is -0.612. The van der Waals surface area contributed by atoms with Gasteiger partial charge < -0.3 is 14.2 Å². The minimum absolute atomic E-state index is 0.000916. The van der Waals surface area contributed by atoms with Gasteiger partial charge in [0, 0.05) is 0 Å². The van der Waals surface area contributed by atoms with Gasteiger partial charge in [-0.2, -0.15) is 0 Å². The van der Waals surface area contributed by atoms with Crippen molar-refractivity contribution in [2.75, 3.05) is 32.2 Å². The van der Waals surface area contributed by atoms with Gasteiger partial charge in [-0.25, -0.2) is 13.2 Å². The van der Waals surface area contributed by atoms with Crippen LogP contribution in [0.25, 0.3) is 0 Å². The van der Waals surface area contributed by atoms with Gasteiger partial charge in [0.1, 0.15) is 12.3 Å². The van der Waals surface area contributed by atoms with E-state index in [0.717, 1.165) is 11.4 Å². The second kappa shape index (κ2) is 8.54. The number of anilines is 1. The number of hydrogen-bond donors (Lipinski definition) is 0. The second-order valence-corrected chi connectivity index (χ2v) is 7.13. The van der Waals surface area contributed by atoms with E-state index in [2.05, 4.69) is 4.74 Å². The summed E-state index contributed by atoms with van der Waals surface area (Å²) in [7, 11) is -0.393. The number of ether oxygens (including phenoxy) is 3. The van der Waals surface area contributed by atoms with Crippen LogP contribution in [0.3, 0.4) is 0 Å². The number of benzene rings is 2. The fourth-order valence-corrected chi connectivity index (χ4v) is 3.76. The first-order valence-electron chi connectivity index (χ1n) is 7.76. The number of esters is 2. The van der Waals surface area contributed by atoms with Crippen LogP contribution < -0.4 is 9.04 Å². The van der Waals surface area contributed by atoms with Crippen LogP contribution in [-0.4, -0.2) is 48.2 Å². The lowest BCUT2D eigenvalue weighted by molar-refractivity contribution is -0.138. The van der Waals surface area contributed by atoms with E-state index in [-0.39, 0.29) is 16.1 Å². The van der Waals surface area contributed by atoms with Crippen LogP contribution in [0.4, 0.5) is 5.69 Å². The van der Waals surface area contributed by atoms with Crippen molar-refractivity contribution in [2.24, 2.45) is 0 Å². The fourth-order valence-electron chi connectivity index (χ4n) is 2.33. The molecule has 0 aliphatic rings. The van der Waals surface area contributed by atoms with Gasteiger partial charge >= 0.3 is 11.9 Å². The predicted molar refractivity (Wildman–Crippen MR) is 97.3 cm³/mol. The van der Waals surface area contributed by atoms with Crippen molar-refractivity contribution in [1.82, 2.24) is 0 Å². The Labute approximate surface area is 157 Å². The topological polar surface area (TPSA) is 99.2 Å². The molecule has 0 aliphatic heterocycles. The summed E-state index contributed by atoms with van der Waals surface area (Å²) in [6.07, 6.45) is 0. The van der Waals surface area contributed by atoms with Crippen LogP contribution in [-0.2, 0) is 24.3 Å². The number of carbonyl (C=O) groups excluding carboxylic acids is 2. The number of sulfonamides is 1. The average molecular weight is 393 g/mol. The van der Waals surface area contributed by atoms with E-state index in [4.69, 9.17) is 9.47 Å². The third-order valence-electron chi connectivity index (χ3n) is 3.73. The Balaban J connectivity index is 2.61. The van der Waals surface area contributed by atoms with Gasteiger partial charge in [0.15, 0.2) is 0 Å².